The number of nitrogens with two attached hydrogens (primary N) is 1. The number of rotatable bonds is 3. The van der Waals surface area contributed by atoms with Crippen molar-refractivity contribution in [3.05, 3.63) is 32.3 Å². The van der Waals surface area contributed by atoms with Crippen molar-refractivity contribution in [1.82, 2.24) is 0 Å². The standard InChI is InChI=1S/C13H18BrN3O3/c1-7-5-8(14)9(6-10(7)17(19)20)16-12(18)11(15)13(2,3)4/h5-6,11H,15H2,1-4H3,(H,16,18)/t11-/m1/s1. The van der Waals surface area contributed by atoms with Crippen LogP contribution in [-0.4, -0.2) is 16.9 Å². The molecule has 0 saturated carbocycles. The van der Waals surface area contributed by atoms with Crippen molar-refractivity contribution in [3.8, 4) is 0 Å². The van der Waals surface area contributed by atoms with Crippen LogP contribution < -0.4 is 11.1 Å². The predicted octanol–water partition coefficient (Wildman–Crippen LogP) is 2.98. The molecule has 0 bridgehead atoms. The lowest BCUT2D eigenvalue weighted by molar-refractivity contribution is -0.385. The Morgan fingerprint density at radius 2 is 2.00 bits per heavy atom. The molecule has 20 heavy (non-hydrogen) atoms. The molecule has 1 rings (SSSR count). The van der Waals surface area contributed by atoms with Gasteiger partial charge < -0.3 is 11.1 Å². The molecule has 0 saturated heterocycles. The Kier molecular flexibility index (Phi) is 4.88. The molecule has 0 radical (unpaired) electrons. The van der Waals surface area contributed by atoms with Gasteiger partial charge in [0.1, 0.15) is 0 Å². The van der Waals surface area contributed by atoms with E-state index in [2.05, 4.69) is 21.2 Å². The fraction of sp³-hybridized carbons (Fsp3) is 0.462. The third-order valence-corrected chi connectivity index (χ3v) is 3.61. The van der Waals surface area contributed by atoms with Crippen molar-refractivity contribution >= 4 is 33.2 Å². The molecule has 0 aliphatic rings. The van der Waals surface area contributed by atoms with Gasteiger partial charge in [-0.3, -0.25) is 14.9 Å². The lowest BCUT2D eigenvalue weighted by Gasteiger charge is -2.26. The van der Waals surface area contributed by atoms with Crippen LogP contribution in [0.25, 0.3) is 0 Å². The van der Waals surface area contributed by atoms with Crippen LogP contribution in [-0.2, 0) is 4.79 Å². The van der Waals surface area contributed by atoms with Gasteiger partial charge in [0.05, 0.1) is 16.7 Å². The van der Waals surface area contributed by atoms with Gasteiger partial charge in [-0.2, -0.15) is 0 Å². The Labute approximate surface area is 126 Å². The van der Waals surface area contributed by atoms with Crippen LogP contribution in [0.4, 0.5) is 11.4 Å². The van der Waals surface area contributed by atoms with E-state index >= 15 is 0 Å². The van der Waals surface area contributed by atoms with Gasteiger partial charge in [-0.15, -0.1) is 0 Å². The maximum Gasteiger partial charge on any atom is 0.274 e. The molecule has 0 aromatic heterocycles. The fourth-order valence-electron chi connectivity index (χ4n) is 1.56. The first-order valence-corrected chi connectivity index (χ1v) is 6.84. The van der Waals surface area contributed by atoms with Crippen LogP contribution in [0.1, 0.15) is 26.3 Å². The number of hydrogen-bond acceptors (Lipinski definition) is 4. The molecule has 0 aliphatic carbocycles. The van der Waals surface area contributed by atoms with Gasteiger partial charge in [-0.25, -0.2) is 0 Å². The van der Waals surface area contributed by atoms with Crippen molar-refractivity contribution in [2.45, 2.75) is 33.7 Å². The number of nitro benzene ring substituents is 1. The molecule has 1 aromatic rings. The molecule has 1 amide bonds. The molecule has 0 heterocycles. The van der Waals surface area contributed by atoms with Crippen LogP contribution in [0.5, 0.6) is 0 Å². The number of aryl methyl sites for hydroxylation is 1. The third kappa shape index (κ3) is 3.77. The Balaban J connectivity index is 3.07. The molecular formula is C13H18BrN3O3. The van der Waals surface area contributed by atoms with Crippen LogP contribution in [0.2, 0.25) is 0 Å². The monoisotopic (exact) mass is 343 g/mol. The Bertz CT molecular complexity index is 553. The van der Waals surface area contributed by atoms with Crippen molar-refractivity contribution in [1.29, 1.82) is 0 Å². The Morgan fingerprint density at radius 3 is 2.45 bits per heavy atom. The van der Waals surface area contributed by atoms with Crippen molar-refractivity contribution in [2.75, 3.05) is 5.32 Å². The predicted molar refractivity (Wildman–Crippen MR) is 81.6 cm³/mol. The first kappa shape index (κ1) is 16.6. The number of benzene rings is 1. The average Bonchev–Trinajstić information content (AvgIpc) is 2.29. The summed E-state index contributed by atoms with van der Waals surface area (Å²) in [5.74, 6) is -0.378. The van der Waals surface area contributed by atoms with E-state index in [9.17, 15) is 14.9 Å². The van der Waals surface area contributed by atoms with E-state index in [-0.39, 0.29) is 11.6 Å². The van der Waals surface area contributed by atoms with E-state index in [4.69, 9.17) is 5.73 Å². The number of anilines is 1. The van der Waals surface area contributed by atoms with Crippen LogP contribution >= 0.6 is 15.9 Å². The van der Waals surface area contributed by atoms with Crippen molar-refractivity contribution < 1.29 is 9.72 Å². The van der Waals surface area contributed by atoms with Crippen LogP contribution in [0.15, 0.2) is 16.6 Å². The van der Waals surface area contributed by atoms with E-state index in [0.717, 1.165) is 0 Å². The zero-order valence-corrected chi connectivity index (χ0v) is 13.4. The number of carbonyl (C=O) groups is 1. The number of amides is 1. The molecular weight excluding hydrogens is 326 g/mol. The van der Waals surface area contributed by atoms with Crippen LogP contribution in [0, 0.1) is 22.5 Å². The second-order valence-electron chi connectivity index (χ2n) is 5.71. The minimum atomic E-state index is -0.713. The molecule has 3 N–H and O–H groups in total. The molecule has 0 unspecified atom stereocenters. The van der Waals surface area contributed by atoms with Gasteiger partial charge in [-0.1, -0.05) is 20.8 Å². The molecule has 110 valence electrons. The second-order valence-corrected chi connectivity index (χ2v) is 6.56. The van der Waals surface area contributed by atoms with Crippen molar-refractivity contribution in [2.24, 2.45) is 11.1 Å². The third-order valence-electron chi connectivity index (χ3n) is 2.96. The van der Waals surface area contributed by atoms with Gasteiger partial charge >= 0.3 is 0 Å². The maximum absolute atomic E-state index is 12.1. The van der Waals surface area contributed by atoms with Gasteiger partial charge in [-0.05, 0) is 34.3 Å². The molecule has 7 heteroatoms. The smallest absolute Gasteiger partial charge is 0.274 e. The molecule has 0 spiro atoms. The minimum Gasteiger partial charge on any atom is -0.323 e. The summed E-state index contributed by atoms with van der Waals surface area (Å²) < 4.78 is 0.579. The average molecular weight is 344 g/mol. The fourth-order valence-corrected chi connectivity index (χ4v) is 2.11. The maximum atomic E-state index is 12.1. The zero-order chi connectivity index (χ0) is 15.7. The van der Waals surface area contributed by atoms with Gasteiger partial charge in [0.25, 0.3) is 5.69 Å². The largest absolute Gasteiger partial charge is 0.323 e. The highest BCUT2D eigenvalue weighted by molar-refractivity contribution is 9.10. The summed E-state index contributed by atoms with van der Waals surface area (Å²) >= 11 is 3.28. The summed E-state index contributed by atoms with van der Waals surface area (Å²) in [6.45, 7) is 7.19. The molecule has 1 atom stereocenters. The summed E-state index contributed by atoms with van der Waals surface area (Å²) in [4.78, 5) is 22.5. The van der Waals surface area contributed by atoms with Crippen LogP contribution in [0.3, 0.4) is 0 Å². The topological polar surface area (TPSA) is 98.3 Å². The van der Waals surface area contributed by atoms with E-state index in [1.807, 2.05) is 20.8 Å². The lowest BCUT2D eigenvalue weighted by atomic mass is 9.87. The number of nitrogens with one attached hydrogen (secondary N) is 1. The number of carbonyl (C=O) groups excluding carboxylic acids is 1. The zero-order valence-electron chi connectivity index (χ0n) is 11.9. The van der Waals surface area contributed by atoms with Gasteiger partial charge in [0.2, 0.25) is 5.91 Å². The van der Waals surface area contributed by atoms with E-state index in [0.29, 0.717) is 15.7 Å². The number of halogens is 1. The summed E-state index contributed by atoms with van der Waals surface area (Å²) in [6, 6.07) is 2.21. The van der Waals surface area contributed by atoms with Gasteiger partial charge in [0.15, 0.2) is 0 Å². The minimum absolute atomic E-state index is 0.0483. The first-order chi connectivity index (χ1) is 9.04. The number of nitro groups is 1. The summed E-state index contributed by atoms with van der Waals surface area (Å²) in [5.41, 5.74) is 6.27. The molecule has 0 fully saturated rings. The lowest BCUT2D eigenvalue weighted by Crippen LogP contribution is -2.45. The van der Waals surface area contributed by atoms with E-state index in [1.165, 1.54) is 6.07 Å². The highest BCUT2D eigenvalue weighted by Crippen LogP contribution is 2.31. The normalized spacial score (nSPS) is 12.9. The second kappa shape index (κ2) is 5.88. The summed E-state index contributed by atoms with van der Waals surface area (Å²) in [6.07, 6.45) is 0. The summed E-state index contributed by atoms with van der Waals surface area (Å²) in [7, 11) is 0. The first-order valence-electron chi connectivity index (χ1n) is 6.05. The van der Waals surface area contributed by atoms with Crippen molar-refractivity contribution in [3.63, 3.8) is 0 Å². The Morgan fingerprint density at radius 1 is 1.45 bits per heavy atom. The molecule has 6 nitrogen and oxygen atoms in total. The van der Waals surface area contributed by atoms with E-state index < -0.39 is 16.4 Å². The molecule has 1 aromatic carbocycles. The number of hydrogen-bond donors (Lipinski definition) is 2. The highest BCUT2D eigenvalue weighted by Gasteiger charge is 2.28. The summed E-state index contributed by atoms with van der Waals surface area (Å²) in [5, 5.41) is 13.5. The van der Waals surface area contributed by atoms with E-state index in [1.54, 1.807) is 13.0 Å². The van der Waals surface area contributed by atoms with Gasteiger partial charge in [0, 0.05) is 16.1 Å². The highest BCUT2D eigenvalue weighted by atomic mass is 79.9. The number of nitrogens with zero attached hydrogens (tertiary/aromatic N) is 1. The quantitative estimate of drug-likeness (QED) is 0.650. The molecule has 0 aliphatic heterocycles. The Hall–Kier alpha value is -1.47. The SMILES string of the molecule is Cc1cc(Br)c(NC(=O)[C@@H](N)C(C)(C)C)cc1[N+](=O)[O-].